The molecule has 2 rings (SSSR count). The molecule has 1 aliphatic carbocycles. The summed E-state index contributed by atoms with van der Waals surface area (Å²) in [5.41, 5.74) is -1.31. The van der Waals surface area contributed by atoms with Crippen molar-refractivity contribution >= 4 is 39.6 Å². The van der Waals surface area contributed by atoms with Gasteiger partial charge in [-0.1, -0.05) is 66.9 Å². The first kappa shape index (κ1) is 44.9. The Bertz CT molecular complexity index is 1410. The molecule has 0 aromatic rings. The number of urea groups is 1. The Balaban J connectivity index is 2.49. The van der Waals surface area contributed by atoms with Gasteiger partial charge in [0.1, 0.15) is 12.1 Å². The van der Waals surface area contributed by atoms with Crippen LogP contribution in [-0.4, -0.2) is 110 Å². The zero-order valence-electron chi connectivity index (χ0n) is 31.8. The molecule has 4 N–H and O–H groups in total. The summed E-state index contributed by atoms with van der Waals surface area (Å²) >= 11 is 0. The number of sulfonamides is 1. The predicted molar refractivity (Wildman–Crippen MR) is 191 cm³/mol. The highest BCUT2D eigenvalue weighted by Gasteiger charge is 2.50. The lowest BCUT2D eigenvalue weighted by molar-refractivity contribution is -0.148. The number of hydrogen-bond donors (Lipinski definition) is 4. The lowest BCUT2D eigenvalue weighted by Crippen LogP contribution is -2.63. The molecule has 5 amide bonds. The molecular weight excluding hydrogens is 705 g/mol. The van der Waals surface area contributed by atoms with Crippen molar-refractivity contribution in [1.82, 2.24) is 30.5 Å². The lowest BCUT2D eigenvalue weighted by atomic mass is 9.70. The first-order valence-corrected chi connectivity index (χ1v) is 19.8. The second-order valence-electron chi connectivity index (χ2n) is 16.0. The van der Waals surface area contributed by atoms with E-state index in [0.29, 0.717) is 19.3 Å². The van der Waals surface area contributed by atoms with Crippen LogP contribution in [0, 0.1) is 22.7 Å². The third kappa shape index (κ3) is 12.7. The van der Waals surface area contributed by atoms with Gasteiger partial charge in [0.25, 0.3) is 5.91 Å². The zero-order valence-corrected chi connectivity index (χ0v) is 32.6. The fraction of sp³-hybridized carbons (Fsp3) is 0.800. The van der Waals surface area contributed by atoms with E-state index in [1.54, 1.807) is 0 Å². The molecule has 1 saturated carbocycles. The molecule has 1 heterocycles. The number of rotatable bonds is 16. The lowest BCUT2D eigenvalue weighted by Gasteiger charge is -2.43. The molecule has 298 valence electrons. The van der Waals surface area contributed by atoms with Gasteiger partial charge in [0.2, 0.25) is 27.6 Å². The minimum Gasteiger partial charge on any atom is -0.346 e. The molecule has 52 heavy (non-hydrogen) atoms. The monoisotopic (exact) mass is 764 g/mol. The number of hydrogen-bond acceptors (Lipinski definition) is 7. The van der Waals surface area contributed by atoms with Crippen LogP contribution in [-0.2, 0) is 29.2 Å². The molecule has 0 radical (unpaired) electrons. The Morgan fingerprint density at radius 2 is 1.62 bits per heavy atom. The fourth-order valence-electron chi connectivity index (χ4n) is 6.95. The third-order valence-corrected chi connectivity index (χ3v) is 11.7. The van der Waals surface area contributed by atoms with Crippen LogP contribution < -0.4 is 21.3 Å². The molecule has 2 aliphatic rings. The van der Waals surface area contributed by atoms with Crippen LogP contribution >= 0.6 is 0 Å². The molecule has 5 atom stereocenters. The van der Waals surface area contributed by atoms with Gasteiger partial charge in [-0.2, -0.15) is 13.2 Å². The Labute approximate surface area is 306 Å². The van der Waals surface area contributed by atoms with Crippen LogP contribution in [0.4, 0.5) is 18.0 Å². The number of likely N-dealkylation sites (tertiary alicyclic amines) is 1. The molecule has 2 fully saturated rings. The van der Waals surface area contributed by atoms with E-state index < -0.39 is 99.5 Å². The van der Waals surface area contributed by atoms with Gasteiger partial charge in [-0.15, -0.1) is 6.58 Å². The largest absolute Gasteiger partial charge is 0.389 e. The average Bonchev–Trinajstić information content (AvgIpc) is 3.48. The standard InChI is InChI=1S/C35H59F3N6O7S/c1-10-19-39-30(47)27(45)24(14-18-35(36,37)38)40-29(46)26-23(22(2)3)15-20-44(26)31(48)28(34(7)16-12-11-13-17-34)42-32(49)41-25(33(4,5)6)21-43(8)52(9,50)51/h10,22-26,28H,1,11-21H2,2-9H3,(H,39,47)(H,40,46)(H2,41,42,49)/t23-,24?,25-,26+,28-/m1/s1. The summed E-state index contributed by atoms with van der Waals surface area (Å²) < 4.78 is 65.3. The molecule has 0 bridgehead atoms. The van der Waals surface area contributed by atoms with Gasteiger partial charge in [0.15, 0.2) is 0 Å². The van der Waals surface area contributed by atoms with Crippen molar-refractivity contribution in [2.75, 3.05) is 32.9 Å². The van der Waals surface area contributed by atoms with Gasteiger partial charge in [-0.05, 0) is 48.3 Å². The summed E-state index contributed by atoms with van der Waals surface area (Å²) in [5, 5.41) is 10.4. The summed E-state index contributed by atoms with van der Waals surface area (Å²) in [5.74, 6) is -4.45. The van der Waals surface area contributed by atoms with Crippen molar-refractivity contribution in [3.63, 3.8) is 0 Å². The highest BCUT2D eigenvalue weighted by atomic mass is 32.2. The normalized spacial score (nSPS) is 21.2. The molecule has 1 aliphatic heterocycles. The van der Waals surface area contributed by atoms with Crippen molar-refractivity contribution < 1.29 is 45.6 Å². The smallest absolute Gasteiger partial charge is 0.346 e. The molecule has 0 aromatic carbocycles. The van der Waals surface area contributed by atoms with E-state index in [1.165, 1.54) is 18.0 Å². The molecule has 1 saturated heterocycles. The molecule has 1 unspecified atom stereocenters. The maximum absolute atomic E-state index is 14.7. The number of ketones is 1. The molecule has 0 aromatic heterocycles. The van der Waals surface area contributed by atoms with Crippen molar-refractivity contribution in [1.29, 1.82) is 0 Å². The molecule has 0 spiro atoms. The van der Waals surface area contributed by atoms with Crippen LogP contribution in [0.15, 0.2) is 12.7 Å². The van der Waals surface area contributed by atoms with Crippen molar-refractivity contribution in [2.24, 2.45) is 22.7 Å². The van der Waals surface area contributed by atoms with Gasteiger partial charge >= 0.3 is 12.2 Å². The highest BCUT2D eigenvalue weighted by molar-refractivity contribution is 7.88. The number of likely N-dealkylation sites (N-methyl/N-ethyl adjacent to an activating group) is 1. The summed E-state index contributed by atoms with van der Waals surface area (Å²) in [6, 6.07) is -5.48. The Morgan fingerprint density at radius 1 is 1.02 bits per heavy atom. The SMILES string of the molecule is C=CCNC(=O)C(=O)C(CCC(F)(F)F)NC(=O)[C@@H]1[C@@H](C(C)C)CCN1C(=O)[C@@H](NC(=O)N[C@H](CN(C)S(C)(=O)=O)C(C)(C)C)C1(C)CCCCC1. The van der Waals surface area contributed by atoms with Crippen LogP contribution in [0.2, 0.25) is 0 Å². The van der Waals surface area contributed by atoms with E-state index in [1.807, 2.05) is 41.5 Å². The number of carbonyl (C=O) groups excluding carboxylic acids is 5. The average molecular weight is 765 g/mol. The minimum atomic E-state index is -4.67. The van der Waals surface area contributed by atoms with E-state index in [4.69, 9.17) is 0 Å². The van der Waals surface area contributed by atoms with E-state index in [0.717, 1.165) is 29.8 Å². The van der Waals surface area contributed by atoms with E-state index in [9.17, 15) is 45.6 Å². The number of nitrogens with one attached hydrogen (secondary N) is 4. The number of amides is 5. The number of nitrogens with zero attached hydrogens (tertiary/aromatic N) is 2. The minimum absolute atomic E-state index is 0.0318. The summed E-state index contributed by atoms with van der Waals surface area (Å²) in [6.07, 6.45) is -0.549. The summed E-state index contributed by atoms with van der Waals surface area (Å²) in [6.45, 7) is 14.5. The summed E-state index contributed by atoms with van der Waals surface area (Å²) in [7, 11) is -2.17. The Hall–Kier alpha value is -3.21. The van der Waals surface area contributed by atoms with Gasteiger partial charge in [-0.25, -0.2) is 17.5 Å². The van der Waals surface area contributed by atoms with E-state index in [-0.39, 0.29) is 25.6 Å². The molecule has 17 heteroatoms. The van der Waals surface area contributed by atoms with Crippen LogP contribution in [0.1, 0.15) is 92.9 Å². The van der Waals surface area contributed by atoms with Crippen LogP contribution in [0.3, 0.4) is 0 Å². The van der Waals surface area contributed by atoms with Gasteiger partial charge in [-0.3, -0.25) is 19.2 Å². The first-order valence-electron chi connectivity index (χ1n) is 17.9. The van der Waals surface area contributed by atoms with Gasteiger partial charge < -0.3 is 26.2 Å². The molecule has 13 nitrogen and oxygen atoms in total. The summed E-state index contributed by atoms with van der Waals surface area (Å²) in [4.78, 5) is 69.3. The zero-order chi connectivity index (χ0) is 39.8. The first-order chi connectivity index (χ1) is 23.8. The Morgan fingerprint density at radius 3 is 2.12 bits per heavy atom. The number of alkyl halides is 3. The van der Waals surface area contributed by atoms with E-state index >= 15 is 0 Å². The van der Waals surface area contributed by atoms with Gasteiger partial charge in [0, 0.05) is 39.1 Å². The second-order valence-corrected chi connectivity index (χ2v) is 18.1. The highest BCUT2D eigenvalue weighted by Crippen LogP contribution is 2.41. The van der Waals surface area contributed by atoms with Crippen molar-refractivity contribution in [3.8, 4) is 0 Å². The van der Waals surface area contributed by atoms with Gasteiger partial charge in [0.05, 0.1) is 12.3 Å². The third-order valence-electron chi connectivity index (χ3n) is 10.4. The Kier molecular flexibility index (Phi) is 15.7. The maximum Gasteiger partial charge on any atom is 0.389 e. The van der Waals surface area contributed by atoms with Crippen LogP contribution in [0.5, 0.6) is 0 Å². The second kappa shape index (κ2) is 18.2. The van der Waals surface area contributed by atoms with Crippen molar-refractivity contribution in [3.05, 3.63) is 12.7 Å². The predicted octanol–water partition coefficient (Wildman–Crippen LogP) is 3.50. The number of Topliss-reactive ketones (excluding diaryl/α,β-unsaturated/α-hetero) is 1. The maximum atomic E-state index is 14.7. The van der Waals surface area contributed by atoms with Crippen LogP contribution in [0.25, 0.3) is 0 Å². The molecular formula is C35H59F3N6O7S. The number of halogens is 3. The quantitative estimate of drug-likeness (QED) is 0.138. The van der Waals surface area contributed by atoms with Crippen molar-refractivity contribution in [2.45, 2.75) is 123 Å². The fourth-order valence-corrected chi connectivity index (χ4v) is 7.37. The van der Waals surface area contributed by atoms with E-state index in [2.05, 4.69) is 27.8 Å². The topological polar surface area (TPSA) is 174 Å². The number of carbonyl (C=O) groups is 5.